The molecule has 14 heavy (non-hydrogen) atoms. The molecule has 1 aliphatic heterocycles. The van der Waals surface area contributed by atoms with Gasteiger partial charge in [-0.1, -0.05) is 0 Å². The monoisotopic (exact) mass is 202 g/mol. The largest absolute Gasteiger partial charge is 0.443 e. The van der Waals surface area contributed by atoms with Gasteiger partial charge in [-0.15, -0.1) is 0 Å². The van der Waals surface area contributed by atoms with Gasteiger partial charge in [0, 0.05) is 6.61 Å². The molecule has 0 aromatic heterocycles. The van der Waals surface area contributed by atoms with Crippen LogP contribution in [0, 0.1) is 0 Å². The minimum atomic E-state index is -0.460. The molecule has 0 aromatic rings. The summed E-state index contributed by atoms with van der Waals surface area (Å²) >= 11 is 0. The normalized spacial score (nSPS) is 22.1. The fourth-order valence-electron chi connectivity index (χ4n) is 1.11. The molecule has 1 heterocycles. The Morgan fingerprint density at radius 3 is 2.71 bits per heavy atom. The molecule has 1 unspecified atom stereocenters. The zero-order valence-electron chi connectivity index (χ0n) is 8.92. The van der Waals surface area contributed by atoms with Crippen LogP contribution in [0.4, 0.5) is 4.79 Å². The Bertz CT molecular complexity index is 195. The summed E-state index contributed by atoms with van der Waals surface area (Å²) < 4.78 is 10.2. The lowest BCUT2D eigenvalue weighted by Gasteiger charge is -2.20. The minimum absolute atomic E-state index is 0.197. The molecule has 0 spiro atoms. The molecule has 1 rings (SSSR count). The average molecular weight is 202 g/mol. The Kier molecular flexibility index (Phi) is 3.71. The summed E-state index contributed by atoms with van der Waals surface area (Å²) in [4.78, 5) is 11.2. The van der Waals surface area contributed by atoms with Gasteiger partial charge in [0.1, 0.15) is 5.60 Å². The molecule has 0 aromatic carbocycles. The average Bonchev–Trinajstić information content (AvgIpc) is 2.49. The van der Waals surface area contributed by atoms with Gasteiger partial charge in [-0.3, -0.25) is 5.43 Å². The molecule has 1 atom stereocenters. The van der Waals surface area contributed by atoms with Gasteiger partial charge in [-0.05, 0) is 27.2 Å². The van der Waals surface area contributed by atoms with Gasteiger partial charge in [-0.2, -0.15) is 0 Å². The molecular weight excluding hydrogens is 184 g/mol. The number of carbonyl (C=O) groups excluding carboxylic acids is 1. The van der Waals surface area contributed by atoms with E-state index in [9.17, 15) is 4.79 Å². The van der Waals surface area contributed by atoms with Crippen LogP contribution in [0.25, 0.3) is 0 Å². The molecule has 5 nitrogen and oxygen atoms in total. The number of ether oxygens (including phenoxy) is 2. The Balaban J connectivity index is 2.14. The van der Waals surface area contributed by atoms with E-state index in [0.29, 0.717) is 6.61 Å². The van der Waals surface area contributed by atoms with Crippen LogP contribution in [0.1, 0.15) is 27.2 Å². The zero-order valence-corrected chi connectivity index (χ0v) is 8.92. The summed E-state index contributed by atoms with van der Waals surface area (Å²) in [5.41, 5.74) is 4.88. The van der Waals surface area contributed by atoms with E-state index >= 15 is 0 Å². The molecule has 82 valence electrons. The van der Waals surface area contributed by atoms with Gasteiger partial charge in [0.25, 0.3) is 0 Å². The van der Waals surface area contributed by atoms with Crippen LogP contribution in [0.5, 0.6) is 0 Å². The molecule has 0 radical (unpaired) electrons. The van der Waals surface area contributed by atoms with Gasteiger partial charge < -0.3 is 9.47 Å². The first-order valence-electron chi connectivity index (χ1n) is 4.79. The molecule has 0 saturated carbocycles. The fourth-order valence-corrected chi connectivity index (χ4v) is 1.11. The standard InChI is InChI=1S/C9H18N2O3/c1-9(2,3)14-8(12)11-10-7-4-5-13-6-7/h7,10H,4-6H2,1-3H3,(H,11,12). The number of rotatable bonds is 2. The number of hydrogen-bond acceptors (Lipinski definition) is 4. The van der Waals surface area contributed by atoms with Crippen molar-refractivity contribution in [3.8, 4) is 0 Å². The summed E-state index contributed by atoms with van der Waals surface area (Å²) in [6.07, 6.45) is 0.458. The van der Waals surface area contributed by atoms with Crippen LogP contribution in [0.2, 0.25) is 0 Å². The van der Waals surface area contributed by atoms with Crippen molar-refractivity contribution in [3.63, 3.8) is 0 Å². The number of carbonyl (C=O) groups is 1. The second-order valence-electron chi connectivity index (χ2n) is 4.33. The van der Waals surface area contributed by atoms with Crippen molar-refractivity contribution >= 4 is 6.09 Å². The summed E-state index contributed by atoms with van der Waals surface area (Å²) in [5.74, 6) is 0. The zero-order chi connectivity index (χ0) is 10.6. The van der Waals surface area contributed by atoms with Crippen LogP contribution in [-0.4, -0.2) is 30.9 Å². The highest BCUT2D eigenvalue weighted by atomic mass is 16.6. The van der Waals surface area contributed by atoms with E-state index < -0.39 is 11.7 Å². The third kappa shape index (κ3) is 4.43. The number of nitrogens with one attached hydrogen (secondary N) is 2. The Morgan fingerprint density at radius 1 is 1.50 bits per heavy atom. The minimum Gasteiger partial charge on any atom is -0.443 e. The molecule has 1 amide bonds. The Morgan fingerprint density at radius 2 is 2.21 bits per heavy atom. The molecule has 0 aliphatic carbocycles. The fraction of sp³-hybridized carbons (Fsp3) is 0.889. The van der Waals surface area contributed by atoms with E-state index in [1.165, 1.54) is 0 Å². The second-order valence-corrected chi connectivity index (χ2v) is 4.33. The van der Waals surface area contributed by atoms with Crippen molar-refractivity contribution in [2.45, 2.75) is 38.8 Å². The topological polar surface area (TPSA) is 59.6 Å². The lowest BCUT2D eigenvalue weighted by molar-refractivity contribution is 0.0486. The molecule has 5 heteroatoms. The maximum atomic E-state index is 11.2. The van der Waals surface area contributed by atoms with E-state index in [0.717, 1.165) is 13.0 Å². The highest BCUT2D eigenvalue weighted by molar-refractivity contribution is 5.67. The number of hydrazine groups is 1. The van der Waals surface area contributed by atoms with Gasteiger partial charge >= 0.3 is 6.09 Å². The Hall–Kier alpha value is -0.810. The molecule has 1 aliphatic rings. The SMILES string of the molecule is CC(C)(C)OC(=O)NNC1CCOC1. The van der Waals surface area contributed by atoms with Crippen molar-refractivity contribution < 1.29 is 14.3 Å². The van der Waals surface area contributed by atoms with E-state index in [1.54, 1.807) is 0 Å². The highest BCUT2D eigenvalue weighted by Gasteiger charge is 2.19. The summed E-state index contributed by atoms with van der Waals surface area (Å²) in [5, 5.41) is 0. The number of amides is 1. The van der Waals surface area contributed by atoms with Gasteiger partial charge in [0.05, 0.1) is 12.6 Å². The molecule has 1 saturated heterocycles. The van der Waals surface area contributed by atoms with Crippen molar-refractivity contribution in [3.05, 3.63) is 0 Å². The van der Waals surface area contributed by atoms with Crippen LogP contribution < -0.4 is 10.9 Å². The van der Waals surface area contributed by atoms with E-state index in [4.69, 9.17) is 9.47 Å². The first kappa shape index (κ1) is 11.3. The number of hydrogen-bond donors (Lipinski definition) is 2. The van der Waals surface area contributed by atoms with Crippen molar-refractivity contribution in [2.75, 3.05) is 13.2 Å². The molecule has 1 fully saturated rings. The van der Waals surface area contributed by atoms with Gasteiger partial charge in [-0.25, -0.2) is 10.2 Å². The van der Waals surface area contributed by atoms with Crippen LogP contribution in [0.15, 0.2) is 0 Å². The second kappa shape index (κ2) is 4.61. The first-order chi connectivity index (χ1) is 6.47. The van der Waals surface area contributed by atoms with Crippen molar-refractivity contribution in [1.29, 1.82) is 0 Å². The van der Waals surface area contributed by atoms with Crippen LogP contribution in [0.3, 0.4) is 0 Å². The first-order valence-corrected chi connectivity index (χ1v) is 4.79. The lowest BCUT2D eigenvalue weighted by Crippen LogP contribution is -2.46. The predicted octanol–water partition coefficient (Wildman–Crippen LogP) is 0.805. The molecule has 0 bridgehead atoms. The van der Waals surface area contributed by atoms with Crippen molar-refractivity contribution in [1.82, 2.24) is 10.9 Å². The summed E-state index contributed by atoms with van der Waals surface area (Å²) in [6.45, 7) is 6.85. The Labute approximate surface area is 84.1 Å². The third-order valence-corrected chi connectivity index (χ3v) is 1.71. The maximum absolute atomic E-state index is 11.2. The molecule has 2 N–H and O–H groups in total. The summed E-state index contributed by atoms with van der Waals surface area (Å²) in [7, 11) is 0. The quantitative estimate of drug-likeness (QED) is 0.650. The van der Waals surface area contributed by atoms with Gasteiger partial charge in [0.15, 0.2) is 0 Å². The highest BCUT2D eigenvalue weighted by Crippen LogP contribution is 2.06. The van der Waals surface area contributed by atoms with E-state index in [1.807, 2.05) is 20.8 Å². The smallest absolute Gasteiger partial charge is 0.422 e. The predicted molar refractivity (Wildman–Crippen MR) is 51.7 cm³/mol. The van der Waals surface area contributed by atoms with Crippen LogP contribution >= 0.6 is 0 Å². The van der Waals surface area contributed by atoms with Crippen LogP contribution in [-0.2, 0) is 9.47 Å². The van der Waals surface area contributed by atoms with E-state index in [-0.39, 0.29) is 6.04 Å². The summed E-state index contributed by atoms with van der Waals surface area (Å²) in [6, 6.07) is 0.197. The molecular formula is C9H18N2O3. The lowest BCUT2D eigenvalue weighted by atomic mass is 10.2. The van der Waals surface area contributed by atoms with Crippen molar-refractivity contribution in [2.24, 2.45) is 0 Å². The maximum Gasteiger partial charge on any atom is 0.422 e. The van der Waals surface area contributed by atoms with Gasteiger partial charge in [0.2, 0.25) is 0 Å². The van der Waals surface area contributed by atoms with E-state index in [2.05, 4.69) is 10.9 Å². The third-order valence-electron chi connectivity index (χ3n) is 1.71.